The minimum Gasteiger partial charge on any atom is -0.324 e. The molecule has 2 aromatic rings. The highest BCUT2D eigenvalue weighted by Gasteiger charge is 2.20. The van der Waals surface area contributed by atoms with E-state index in [0.29, 0.717) is 12.5 Å². The van der Waals surface area contributed by atoms with Crippen molar-refractivity contribution in [3.05, 3.63) is 71.3 Å². The van der Waals surface area contributed by atoms with Crippen LogP contribution in [0.1, 0.15) is 42.9 Å². The third kappa shape index (κ3) is 4.41. The van der Waals surface area contributed by atoms with Gasteiger partial charge < -0.3 is 10.2 Å². The van der Waals surface area contributed by atoms with Crippen molar-refractivity contribution in [3.8, 4) is 0 Å². The fourth-order valence-electron chi connectivity index (χ4n) is 3.61. The molecule has 1 aliphatic heterocycles. The van der Waals surface area contributed by atoms with Crippen molar-refractivity contribution >= 4 is 17.2 Å². The van der Waals surface area contributed by atoms with Gasteiger partial charge in [0.15, 0.2) is 6.54 Å². The summed E-state index contributed by atoms with van der Waals surface area (Å²) in [7, 11) is 0. The zero-order valence-corrected chi connectivity index (χ0v) is 16.0. The fraction of sp³-hybridized carbons (Fsp3) is 0.348. The average molecular weight is 349 g/mol. The van der Waals surface area contributed by atoms with Gasteiger partial charge in [-0.2, -0.15) is 0 Å². The first-order valence-corrected chi connectivity index (χ1v) is 9.52. The van der Waals surface area contributed by atoms with Crippen molar-refractivity contribution in [2.45, 2.75) is 33.1 Å². The van der Waals surface area contributed by atoms with Gasteiger partial charge in [-0.25, -0.2) is 0 Å². The van der Waals surface area contributed by atoms with Gasteiger partial charge in [-0.15, -0.1) is 0 Å². The minimum absolute atomic E-state index is 0.104. The number of nitrogens with one attached hydrogen (secondary N) is 2. The molecule has 0 saturated heterocycles. The fourth-order valence-corrected chi connectivity index (χ4v) is 3.61. The zero-order valence-electron chi connectivity index (χ0n) is 16.0. The van der Waals surface area contributed by atoms with Crippen molar-refractivity contribution in [1.82, 2.24) is 0 Å². The lowest BCUT2D eigenvalue weighted by molar-refractivity contribution is -0.886. The molecule has 0 aromatic heterocycles. The number of amides is 1. The molecule has 1 unspecified atom stereocenters. The van der Waals surface area contributed by atoms with Crippen LogP contribution in [-0.2, 0) is 4.79 Å². The van der Waals surface area contributed by atoms with E-state index in [4.69, 9.17) is 0 Å². The number of hydrogen-bond acceptors (Lipinski definition) is 1. The summed E-state index contributed by atoms with van der Waals surface area (Å²) >= 11 is 0. The first-order valence-electron chi connectivity index (χ1n) is 9.52. The number of benzene rings is 2. The normalized spacial score (nSPS) is 17.1. The summed E-state index contributed by atoms with van der Waals surface area (Å²) in [5.74, 6) is 0.497. The Morgan fingerprint density at radius 2 is 1.88 bits per heavy atom. The Kier molecular flexibility index (Phi) is 5.89. The molecule has 1 atom stereocenters. The second kappa shape index (κ2) is 8.33. The second-order valence-corrected chi connectivity index (χ2v) is 7.47. The summed E-state index contributed by atoms with van der Waals surface area (Å²) in [6.07, 6.45) is 3.31. The predicted molar refractivity (Wildman–Crippen MR) is 108 cm³/mol. The topological polar surface area (TPSA) is 33.5 Å². The van der Waals surface area contributed by atoms with Gasteiger partial charge in [-0.05, 0) is 41.2 Å². The smallest absolute Gasteiger partial charge is 0.279 e. The van der Waals surface area contributed by atoms with Crippen LogP contribution in [0.25, 0.3) is 5.57 Å². The monoisotopic (exact) mass is 349 g/mol. The first kappa shape index (κ1) is 18.4. The Balaban J connectivity index is 1.61. The molecular weight excluding hydrogens is 320 g/mol. The highest BCUT2D eigenvalue weighted by molar-refractivity contribution is 5.93. The van der Waals surface area contributed by atoms with Crippen molar-refractivity contribution in [2.24, 2.45) is 0 Å². The van der Waals surface area contributed by atoms with Crippen molar-refractivity contribution in [1.29, 1.82) is 0 Å². The van der Waals surface area contributed by atoms with E-state index in [9.17, 15) is 4.79 Å². The van der Waals surface area contributed by atoms with Gasteiger partial charge in [0.2, 0.25) is 0 Å². The molecule has 2 aromatic carbocycles. The van der Waals surface area contributed by atoms with Crippen LogP contribution < -0.4 is 10.2 Å². The maximum atomic E-state index is 12.6. The van der Waals surface area contributed by atoms with Crippen LogP contribution in [-0.4, -0.2) is 25.5 Å². The van der Waals surface area contributed by atoms with Crippen LogP contribution in [0.4, 0.5) is 5.69 Å². The Morgan fingerprint density at radius 1 is 1.12 bits per heavy atom. The van der Waals surface area contributed by atoms with E-state index in [1.807, 2.05) is 6.07 Å². The average Bonchev–Trinajstić information content (AvgIpc) is 2.64. The standard InChI is InChI=1S/C23H28N2O/c1-17(2)21-11-7-8-18(3)23(21)24-22(26)16-25-14-12-20(13-15-25)19-9-5-4-6-10-19/h4-12,17H,13-16H2,1-3H3,(H,24,26)/p+1. The van der Waals surface area contributed by atoms with E-state index < -0.39 is 0 Å². The van der Waals surface area contributed by atoms with E-state index >= 15 is 0 Å². The summed E-state index contributed by atoms with van der Waals surface area (Å²) < 4.78 is 0. The molecule has 2 N–H and O–H groups in total. The quantitative estimate of drug-likeness (QED) is 0.852. The predicted octanol–water partition coefficient (Wildman–Crippen LogP) is 3.43. The van der Waals surface area contributed by atoms with Crippen molar-refractivity contribution in [3.63, 3.8) is 0 Å². The van der Waals surface area contributed by atoms with Crippen LogP contribution in [0.5, 0.6) is 0 Å². The number of hydrogen-bond donors (Lipinski definition) is 2. The molecule has 3 rings (SSSR count). The molecule has 0 saturated carbocycles. The highest BCUT2D eigenvalue weighted by atomic mass is 16.2. The summed E-state index contributed by atoms with van der Waals surface area (Å²) in [6.45, 7) is 8.81. The number of rotatable bonds is 5. The van der Waals surface area contributed by atoms with E-state index in [2.05, 4.69) is 74.6 Å². The van der Waals surface area contributed by atoms with Gasteiger partial charge >= 0.3 is 0 Å². The van der Waals surface area contributed by atoms with Crippen LogP contribution in [0.15, 0.2) is 54.6 Å². The Morgan fingerprint density at radius 3 is 2.54 bits per heavy atom. The third-order valence-corrected chi connectivity index (χ3v) is 5.13. The molecule has 1 heterocycles. The lowest BCUT2D eigenvalue weighted by atomic mass is 9.98. The molecule has 26 heavy (non-hydrogen) atoms. The summed E-state index contributed by atoms with van der Waals surface area (Å²) in [5, 5.41) is 3.17. The maximum Gasteiger partial charge on any atom is 0.279 e. The van der Waals surface area contributed by atoms with Gasteiger partial charge in [0, 0.05) is 12.1 Å². The molecule has 0 fully saturated rings. The molecule has 0 aliphatic carbocycles. The molecule has 1 aliphatic rings. The van der Waals surface area contributed by atoms with Crippen LogP contribution in [0.2, 0.25) is 0 Å². The largest absolute Gasteiger partial charge is 0.324 e. The Hall–Kier alpha value is -2.39. The highest BCUT2D eigenvalue weighted by Crippen LogP contribution is 2.27. The SMILES string of the molecule is Cc1cccc(C(C)C)c1NC(=O)C[NH+]1CC=C(c2ccccc2)CC1. The molecule has 0 bridgehead atoms. The number of anilines is 1. The lowest BCUT2D eigenvalue weighted by Gasteiger charge is -2.24. The molecule has 1 amide bonds. The van der Waals surface area contributed by atoms with E-state index in [-0.39, 0.29) is 5.91 Å². The third-order valence-electron chi connectivity index (χ3n) is 5.13. The molecule has 3 nitrogen and oxygen atoms in total. The molecule has 136 valence electrons. The van der Waals surface area contributed by atoms with E-state index in [1.165, 1.54) is 21.6 Å². The van der Waals surface area contributed by atoms with Gasteiger partial charge in [-0.1, -0.05) is 62.4 Å². The van der Waals surface area contributed by atoms with Crippen LogP contribution in [0.3, 0.4) is 0 Å². The van der Waals surface area contributed by atoms with E-state index in [0.717, 1.165) is 30.8 Å². The van der Waals surface area contributed by atoms with Gasteiger partial charge in [0.1, 0.15) is 0 Å². The van der Waals surface area contributed by atoms with E-state index in [1.54, 1.807) is 0 Å². The van der Waals surface area contributed by atoms with Crippen LogP contribution in [0, 0.1) is 6.92 Å². The molecule has 0 radical (unpaired) electrons. The molecule has 0 spiro atoms. The number of carbonyl (C=O) groups is 1. The van der Waals surface area contributed by atoms with Crippen LogP contribution >= 0.6 is 0 Å². The Bertz CT molecular complexity index is 793. The van der Waals surface area contributed by atoms with Crippen molar-refractivity contribution in [2.75, 3.05) is 25.0 Å². The number of aryl methyl sites for hydroxylation is 1. The second-order valence-electron chi connectivity index (χ2n) is 7.47. The van der Waals surface area contributed by atoms with Gasteiger partial charge in [0.25, 0.3) is 5.91 Å². The molecule has 3 heteroatoms. The summed E-state index contributed by atoms with van der Waals surface area (Å²) in [4.78, 5) is 13.9. The Labute approximate surface area is 156 Å². The number of carbonyl (C=O) groups excluding carboxylic acids is 1. The zero-order chi connectivity index (χ0) is 18.5. The number of quaternary nitrogens is 1. The minimum atomic E-state index is 0.104. The van der Waals surface area contributed by atoms with Gasteiger partial charge in [-0.3, -0.25) is 4.79 Å². The first-order chi connectivity index (χ1) is 12.5. The summed E-state index contributed by atoms with van der Waals surface area (Å²) in [6, 6.07) is 16.8. The summed E-state index contributed by atoms with van der Waals surface area (Å²) in [5.41, 5.74) is 6.03. The van der Waals surface area contributed by atoms with Gasteiger partial charge in [0.05, 0.1) is 13.1 Å². The maximum absolute atomic E-state index is 12.6. The van der Waals surface area contributed by atoms with Crippen molar-refractivity contribution < 1.29 is 9.69 Å². The molecular formula is C23H29N2O+. The number of para-hydroxylation sites is 1. The lowest BCUT2D eigenvalue weighted by Crippen LogP contribution is -3.13.